The molecule has 33 heavy (non-hydrogen) atoms. The van der Waals surface area contributed by atoms with Gasteiger partial charge >= 0.3 is 0 Å². The highest BCUT2D eigenvalue weighted by molar-refractivity contribution is 7.92. The van der Waals surface area contributed by atoms with Crippen molar-refractivity contribution in [1.29, 1.82) is 0 Å². The molecule has 7 heteroatoms. The van der Waals surface area contributed by atoms with Crippen LogP contribution < -0.4 is 14.4 Å². The summed E-state index contributed by atoms with van der Waals surface area (Å²) in [7, 11) is -3.72. The second-order valence-corrected chi connectivity index (χ2v) is 9.21. The third-order valence-corrected chi connectivity index (χ3v) is 7.08. The fourth-order valence-electron chi connectivity index (χ4n) is 3.58. The number of hydrogen-bond acceptors (Lipinski definition) is 4. The quantitative estimate of drug-likeness (QED) is 0.398. The molecule has 0 atom stereocenters. The lowest BCUT2D eigenvalue weighted by Gasteiger charge is -2.23. The average Bonchev–Trinajstić information content (AvgIpc) is 2.84. The lowest BCUT2D eigenvalue weighted by atomic mass is 10.1. The number of ether oxygens (including phenoxy) is 1. The highest BCUT2D eigenvalue weighted by Gasteiger charge is 2.23. The van der Waals surface area contributed by atoms with E-state index >= 15 is 0 Å². The number of fused-ring (bicyclic) bond motifs is 1. The summed E-state index contributed by atoms with van der Waals surface area (Å²) in [4.78, 5) is 12.5. The SMILES string of the molecule is CCN(c1ccccc1)S(=O)(=O)c1ccc(NC(=O)COc2cccc3ccccc23)cc1. The van der Waals surface area contributed by atoms with Crippen LogP contribution in [0.4, 0.5) is 11.4 Å². The van der Waals surface area contributed by atoms with E-state index in [9.17, 15) is 13.2 Å². The van der Waals surface area contributed by atoms with E-state index in [1.165, 1.54) is 16.4 Å². The van der Waals surface area contributed by atoms with Crippen LogP contribution in [0.15, 0.2) is 102 Å². The highest BCUT2D eigenvalue weighted by atomic mass is 32.2. The Morgan fingerprint density at radius 3 is 2.24 bits per heavy atom. The first-order valence-corrected chi connectivity index (χ1v) is 12.0. The van der Waals surface area contributed by atoms with E-state index < -0.39 is 10.0 Å². The molecule has 168 valence electrons. The van der Waals surface area contributed by atoms with Crippen LogP contribution in [0.1, 0.15) is 6.92 Å². The van der Waals surface area contributed by atoms with E-state index in [1.807, 2.05) is 48.5 Å². The van der Waals surface area contributed by atoms with E-state index in [-0.39, 0.29) is 17.4 Å². The molecule has 4 rings (SSSR count). The van der Waals surface area contributed by atoms with Crippen molar-refractivity contribution < 1.29 is 17.9 Å². The molecule has 0 saturated carbocycles. The van der Waals surface area contributed by atoms with Crippen molar-refractivity contribution in [3.8, 4) is 5.75 Å². The Balaban J connectivity index is 1.42. The minimum absolute atomic E-state index is 0.151. The zero-order chi connectivity index (χ0) is 23.3. The molecular formula is C26H24N2O4S. The first-order valence-electron chi connectivity index (χ1n) is 10.6. The third kappa shape index (κ3) is 4.99. The predicted molar refractivity (Wildman–Crippen MR) is 131 cm³/mol. The molecule has 0 aromatic heterocycles. The third-order valence-electron chi connectivity index (χ3n) is 5.17. The largest absolute Gasteiger partial charge is 0.483 e. The summed E-state index contributed by atoms with van der Waals surface area (Å²) in [5.41, 5.74) is 1.09. The molecule has 0 fully saturated rings. The number of hydrogen-bond donors (Lipinski definition) is 1. The number of carbonyl (C=O) groups excluding carboxylic acids is 1. The lowest BCUT2D eigenvalue weighted by molar-refractivity contribution is -0.118. The predicted octanol–water partition coefficient (Wildman–Crippen LogP) is 5.07. The minimum Gasteiger partial charge on any atom is -0.483 e. The summed E-state index contributed by atoms with van der Waals surface area (Å²) in [5.74, 6) is 0.295. The molecule has 0 unspecified atom stereocenters. The van der Waals surface area contributed by atoms with Gasteiger partial charge in [0.1, 0.15) is 5.75 Å². The van der Waals surface area contributed by atoms with Crippen LogP contribution in [0.5, 0.6) is 5.75 Å². The van der Waals surface area contributed by atoms with Gasteiger partial charge in [0, 0.05) is 17.6 Å². The first kappa shape index (κ1) is 22.4. The minimum atomic E-state index is -3.72. The Bertz CT molecular complexity index is 1350. The number of rotatable bonds is 8. The van der Waals surface area contributed by atoms with E-state index in [0.29, 0.717) is 23.7 Å². The second-order valence-electron chi connectivity index (χ2n) is 7.34. The number of nitrogens with zero attached hydrogens (tertiary/aromatic N) is 1. The van der Waals surface area contributed by atoms with Crippen molar-refractivity contribution in [1.82, 2.24) is 0 Å². The van der Waals surface area contributed by atoms with E-state index in [1.54, 1.807) is 43.3 Å². The van der Waals surface area contributed by atoms with Crippen LogP contribution in [0.2, 0.25) is 0 Å². The number of sulfonamides is 1. The molecule has 0 aliphatic rings. The number of nitrogens with one attached hydrogen (secondary N) is 1. The van der Waals surface area contributed by atoms with Gasteiger partial charge in [-0.15, -0.1) is 0 Å². The monoisotopic (exact) mass is 460 g/mol. The summed E-state index contributed by atoms with van der Waals surface area (Å²) in [6.07, 6.45) is 0. The fourth-order valence-corrected chi connectivity index (χ4v) is 5.06. The molecule has 0 heterocycles. The van der Waals surface area contributed by atoms with Crippen LogP contribution in [0.3, 0.4) is 0 Å². The molecule has 0 aliphatic heterocycles. The van der Waals surface area contributed by atoms with Gasteiger partial charge in [-0.25, -0.2) is 8.42 Å². The van der Waals surface area contributed by atoms with Gasteiger partial charge in [0.05, 0.1) is 10.6 Å². The maximum atomic E-state index is 13.1. The van der Waals surface area contributed by atoms with Gasteiger partial charge < -0.3 is 10.1 Å². The second kappa shape index (κ2) is 9.75. The first-order chi connectivity index (χ1) is 16.0. The molecule has 0 aliphatic carbocycles. The summed E-state index contributed by atoms with van der Waals surface area (Å²) < 4.78 is 33.2. The standard InChI is InChI=1S/C26H24N2O4S/c1-2-28(22-11-4-3-5-12-22)33(30,31)23-17-15-21(16-18-23)27-26(29)19-32-25-14-8-10-20-9-6-7-13-24(20)25/h3-18H,2,19H2,1H3,(H,27,29). The van der Waals surface area contributed by atoms with Gasteiger partial charge in [-0.2, -0.15) is 0 Å². The van der Waals surface area contributed by atoms with Crippen molar-refractivity contribution in [2.24, 2.45) is 0 Å². The molecule has 4 aromatic carbocycles. The zero-order valence-electron chi connectivity index (χ0n) is 18.1. The normalized spacial score (nSPS) is 11.2. The summed E-state index contributed by atoms with van der Waals surface area (Å²) in [6, 6.07) is 28.5. The molecule has 0 bridgehead atoms. The van der Waals surface area contributed by atoms with Crippen LogP contribution in [-0.2, 0) is 14.8 Å². The van der Waals surface area contributed by atoms with Gasteiger partial charge in [-0.3, -0.25) is 9.10 Å². The van der Waals surface area contributed by atoms with Crippen molar-refractivity contribution >= 4 is 38.1 Å². The summed E-state index contributed by atoms with van der Waals surface area (Å²) >= 11 is 0. The topological polar surface area (TPSA) is 75.7 Å². The Hall–Kier alpha value is -3.84. The van der Waals surface area contributed by atoms with Crippen LogP contribution in [0, 0.1) is 0 Å². The van der Waals surface area contributed by atoms with Crippen molar-refractivity contribution in [2.75, 3.05) is 22.8 Å². The molecular weight excluding hydrogens is 436 g/mol. The number of benzene rings is 4. The van der Waals surface area contributed by atoms with Gasteiger partial charge in [-0.1, -0.05) is 54.6 Å². The van der Waals surface area contributed by atoms with Crippen LogP contribution in [0.25, 0.3) is 10.8 Å². The molecule has 0 radical (unpaired) electrons. The molecule has 0 saturated heterocycles. The van der Waals surface area contributed by atoms with E-state index in [2.05, 4.69) is 5.32 Å². The van der Waals surface area contributed by atoms with Gasteiger partial charge in [0.15, 0.2) is 6.61 Å². The molecule has 6 nitrogen and oxygen atoms in total. The highest BCUT2D eigenvalue weighted by Crippen LogP contribution is 2.26. The Labute approximate surface area is 193 Å². The maximum absolute atomic E-state index is 13.1. The Morgan fingerprint density at radius 1 is 0.848 bits per heavy atom. The molecule has 0 spiro atoms. The maximum Gasteiger partial charge on any atom is 0.264 e. The van der Waals surface area contributed by atoms with Gasteiger partial charge in [0.2, 0.25) is 0 Å². The number of amides is 1. The Kier molecular flexibility index (Phi) is 6.60. The molecule has 1 amide bonds. The van der Waals surface area contributed by atoms with Crippen molar-refractivity contribution in [3.05, 3.63) is 97.1 Å². The van der Waals surface area contributed by atoms with Gasteiger partial charge in [-0.05, 0) is 54.8 Å². The molecule has 1 N–H and O–H groups in total. The summed E-state index contributed by atoms with van der Waals surface area (Å²) in [5, 5.41) is 4.70. The van der Waals surface area contributed by atoms with E-state index in [0.717, 1.165) is 10.8 Å². The number of anilines is 2. The van der Waals surface area contributed by atoms with E-state index in [4.69, 9.17) is 4.74 Å². The number of para-hydroxylation sites is 1. The van der Waals surface area contributed by atoms with Crippen LogP contribution >= 0.6 is 0 Å². The van der Waals surface area contributed by atoms with Crippen LogP contribution in [-0.4, -0.2) is 27.5 Å². The zero-order valence-corrected chi connectivity index (χ0v) is 19.0. The van der Waals surface area contributed by atoms with Gasteiger partial charge in [0.25, 0.3) is 15.9 Å². The smallest absolute Gasteiger partial charge is 0.264 e. The number of carbonyl (C=O) groups is 1. The summed E-state index contributed by atoms with van der Waals surface area (Å²) in [6.45, 7) is 1.93. The molecule has 4 aromatic rings. The van der Waals surface area contributed by atoms with Crippen molar-refractivity contribution in [2.45, 2.75) is 11.8 Å². The average molecular weight is 461 g/mol. The Morgan fingerprint density at radius 2 is 1.52 bits per heavy atom. The van der Waals surface area contributed by atoms with Crippen molar-refractivity contribution in [3.63, 3.8) is 0 Å². The fraction of sp³-hybridized carbons (Fsp3) is 0.115. The lowest BCUT2D eigenvalue weighted by Crippen LogP contribution is -2.30.